The Morgan fingerprint density at radius 2 is 1.42 bits per heavy atom. The van der Waals surface area contributed by atoms with Crippen molar-refractivity contribution in [3.8, 4) is 0 Å². The maximum atomic E-state index is 5.66. The lowest BCUT2D eigenvalue weighted by atomic mass is 10.1. The molecule has 0 N–H and O–H groups in total. The summed E-state index contributed by atoms with van der Waals surface area (Å²) < 4.78 is 5.66. The second kappa shape index (κ2) is 16.1. The molecule has 0 radical (unpaired) electrons. The van der Waals surface area contributed by atoms with Crippen molar-refractivity contribution in [1.82, 2.24) is 0 Å². The largest absolute Gasteiger partial charge is 0.499 e. The summed E-state index contributed by atoms with van der Waals surface area (Å²) in [6.45, 7) is 7.12. The molecule has 0 aromatic carbocycles. The van der Waals surface area contributed by atoms with Gasteiger partial charge in [0, 0.05) is 11.8 Å². The van der Waals surface area contributed by atoms with E-state index in [9.17, 15) is 0 Å². The Morgan fingerprint density at radius 1 is 0.842 bits per heavy atom. The van der Waals surface area contributed by atoms with Gasteiger partial charge in [0.25, 0.3) is 0 Å². The van der Waals surface area contributed by atoms with Crippen molar-refractivity contribution in [2.45, 2.75) is 84.0 Å². The van der Waals surface area contributed by atoms with Crippen LogP contribution >= 0.6 is 15.9 Å². The van der Waals surface area contributed by atoms with Crippen LogP contribution < -0.4 is 0 Å². The second-order valence-electron chi connectivity index (χ2n) is 5.36. The van der Waals surface area contributed by atoms with Crippen LogP contribution in [0.25, 0.3) is 0 Å². The van der Waals surface area contributed by atoms with Crippen LogP contribution in [0.4, 0.5) is 0 Å². The Morgan fingerprint density at radius 3 is 2.05 bits per heavy atom. The van der Waals surface area contributed by atoms with Gasteiger partial charge in [0.15, 0.2) is 0 Å². The molecule has 0 bridgehead atoms. The molecule has 0 saturated carbocycles. The molecule has 0 amide bonds. The summed E-state index contributed by atoms with van der Waals surface area (Å²) in [5.41, 5.74) is 0. The van der Waals surface area contributed by atoms with Crippen LogP contribution in [0.1, 0.15) is 84.0 Å². The van der Waals surface area contributed by atoms with Gasteiger partial charge in [0.1, 0.15) is 0 Å². The third-order valence-electron chi connectivity index (χ3n) is 3.39. The molecule has 0 aliphatic carbocycles. The van der Waals surface area contributed by atoms with E-state index >= 15 is 0 Å². The number of halogens is 1. The molecule has 19 heavy (non-hydrogen) atoms. The number of ether oxygens (including phenoxy) is 1. The van der Waals surface area contributed by atoms with E-state index < -0.39 is 0 Å². The number of allylic oxidation sites excluding steroid dienone is 1. The van der Waals surface area contributed by atoms with E-state index in [0.717, 1.165) is 24.1 Å². The number of unbranched alkanes of at least 4 members (excludes halogenated alkanes) is 9. The molecule has 0 saturated heterocycles. The summed E-state index contributed by atoms with van der Waals surface area (Å²) in [4.78, 5) is 0. The average molecular weight is 333 g/mol. The number of alkyl halides is 1. The zero-order valence-electron chi connectivity index (χ0n) is 12.9. The summed E-state index contributed by atoms with van der Waals surface area (Å²) in [5.74, 6) is 0.984. The summed E-state index contributed by atoms with van der Waals surface area (Å²) in [7, 11) is 0. The molecule has 0 aromatic rings. The minimum Gasteiger partial charge on any atom is -0.499 e. The van der Waals surface area contributed by atoms with E-state index in [-0.39, 0.29) is 0 Å². The smallest absolute Gasteiger partial charge is 0.0888 e. The van der Waals surface area contributed by atoms with Gasteiger partial charge in [0.05, 0.1) is 12.4 Å². The summed E-state index contributed by atoms with van der Waals surface area (Å²) in [5, 5.41) is 1.11. The predicted molar refractivity (Wildman–Crippen MR) is 90.0 cm³/mol. The molecule has 0 fully saturated rings. The van der Waals surface area contributed by atoms with Gasteiger partial charge in [-0.3, -0.25) is 0 Å². The van der Waals surface area contributed by atoms with Crippen LogP contribution in [0.15, 0.2) is 12.3 Å². The zero-order chi connectivity index (χ0) is 14.2. The first-order valence-electron chi connectivity index (χ1n) is 8.17. The highest BCUT2D eigenvalue weighted by molar-refractivity contribution is 9.09. The SMILES string of the molecule is C=C(CCCCCBr)OCCCCCCCCCC. The van der Waals surface area contributed by atoms with E-state index in [1.165, 1.54) is 70.6 Å². The fourth-order valence-electron chi connectivity index (χ4n) is 2.12. The van der Waals surface area contributed by atoms with Crippen LogP contribution in [0.2, 0.25) is 0 Å². The molecule has 0 rings (SSSR count). The standard InChI is InChI=1S/C17H33BrO/c1-3-4-5-6-7-8-9-13-16-19-17(2)14-11-10-12-15-18/h2-16H2,1H3. The van der Waals surface area contributed by atoms with Crippen molar-refractivity contribution < 1.29 is 4.74 Å². The lowest BCUT2D eigenvalue weighted by Gasteiger charge is -2.08. The van der Waals surface area contributed by atoms with Crippen molar-refractivity contribution in [2.75, 3.05) is 11.9 Å². The molecular weight excluding hydrogens is 300 g/mol. The maximum absolute atomic E-state index is 5.66. The Bertz CT molecular complexity index is 192. The minimum absolute atomic E-state index is 0.867. The molecule has 0 aromatic heterocycles. The van der Waals surface area contributed by atoms with Crippen LogP contribution in [0, 0.1) is 0 Å². The first kappa shape index (κ1) is 19.0. The highest BCUT2D eigenvalue weighted by Crippen LogP contribution is 2.11. The predicted octanol–water partition coefficient (Wildman–Crippen LogP) is 6.61. The molecule has 0 aliphatic heterocycles. The van der Waals surface area contributed by atoms with Crippen molar-refractivity contribution in [3.63, 3.8) is 0 Å². The summed E-state index contributed by atoms with van der Waals surface area (Å²) >= 11 is 3.45. The van der Waals surface area contributed by atoms with Crippen molar-refractivity contribution in [1.29, 1.82) is 0 Å². The van der Waals surface area contributed by atoms with Gasteiger partial charge in [-0.15, -0.1) is 0 Å². The minimum atomic E-state index is 0.867. The van der Waals surface area contributed by atoms with Crippen molar-refractivity contribution in [3.05, 3.63) is 12.3 Å². The third-order valence-corrected chi connectivity index (χ3v) is 3.95. The Hall–Kier alpha value is 0.0200. The monoisotopic (exact) mass is 332 g/mol. The summed E-state index contributed by atoms with van der Waals surface area (Å²) in [6.07, 6.45) is 15.6. The lowest BCUT2D eigenvalue weighted by molar-refractivity contribution is 0.195. The maximum Gasteiger partial charge on any atom is 0.0888 e. The fourth-order valence-corrected chi connectivity index (χ4v) is 2.51. The Kier molecular flexibility index (Phi) is 16.1. The lowest BCUT2D eigenvalue weighted by Crippen LogP contribution is -1.95. The molecule has 0 unspecified atom stereocenters. The average Bonchev–Trinajstić information content (AvgIpc) is 2.42. The topological polar surface area (TPSA) is 9.23 Å². The first-order valence-corrected chi connectivity index (χ1v) is 9.30. The molecule has 114 valence electrons. The van der Waals surface area contributed by atoms with E-state index in [2.05, 4.69) is 29.4 Å². The first-order chi connectivity index (χ1) is 9.31. The van der Waals surface area contributed by atoms with Gasteiger partial charge in [-0.2, -0.15) is 0 Å². The van der Waals surface area contributed by atoms with Gasteiger partial charge in [-0.25, -0.2) is 0 Å². The molecule has 2 heteroatoms. The van der Waals surface area contributed by atoms with Gasteiger partial charge in [-0.05, 0) is 19.3 Å². The summed E-state index contributed by atoms with van der Waals surface area (Å²) in [6, 6.07) is 0. The normalized spacial score (nSPS) is 10.6. The van der Waals surface area contributed by atoms with Crippen LogP contribution in [-0.2, 0) is 4.74 Å². The quantitative estimate of drug-likeness (QED) is 0.186. The van der Waals surface area contributed by atoms with Crippen LogP contribution in [0.5, 0.6) is 0 Å². The number of hydrogen-bond acceptors (Lipinski definition) is 1. The molecule has 0 spiro atoms. The van der Waals surface area contributed by atoms with E-state index in [1.807, 2.05) is 0 Å². The second-order valence-corrected chi connectivity index (χ2v) is 6.15. The van der Waals surface area contributed by atoms with E-state index in [4.69, 9.17) is 4.74 Å². The Balaban J connectivity index is 3.10. The van der Waals surface area contributed by atoms with Gasteiger partial charge in [-0.1, -0.05) is 80.8 Å². The molecule has 0 atom stereocenters. The number of rotatable bonds is 15. The van der Waals surface area contributed by atoms with Gasteiger partial charge in [0.2, 0.25) is 0 Å². The van der Waals surface area contributed by atoms with Gasteiger partial charge < -0.3 is 4.74 Å². The van der Waals surface area contributed by atoms with E-state index in [1.54, 1.807) is 0 Å². The van der Waals surface area contributed by atoms with E-state index in [0.29, 0.717) is 0 Å². The van der Waals surface area contributed by atoms with Crippen molar-refractivity contribution >= 4 is 15.9 Å². The number of hydrogen-bond donors (Lipinski definition) is 0. The highest BCUT2D eigenvalue weighted by Gasteiger charge is 1.96. The fraction of sp³-hybridized carbons (Fsp3) is 0.882. The molecular formula is C17H33BrO. The van der Waals surface area contributed by atoms with Crippen LogP contribution in [-0.4, -0.2) is 11.9 Å². The highest BCUT2D eigenvalue weighted by atomic mass is 79.9. The zero-order valence-corrected chi connectivity index (χ0v) is 14.5. The Labute approximate surface area is 129 Å². The molecule has 0 heterocycles. The van der Waals surface area contributed by atoms with Crippen LogP contribution in [0.3, 0.4) is 0 Å². The van der Waals surface area contributed by atoms with Gasteiger partial charge >= 0.3 is 0 Å². The van der Waals surface area contributed by atoms with Crippen molar-refractivity contribution in [2.24, 2.45) is 0 Å². The molecule has 1 nitrogen and oxygen atoms in total. The third kappa shape index (κ3) is 16.0. The molecule has 0 aliphatic rings.